The molecule has 5 fully saturated rings. The van der Waals surface area contributed by atoms with E-state index >= 15 is 0 Å². The van der Waals surface area contributed by atoms with Crippen LogP contribution in [-0.4, -0.2) is 25.0 Å². The van der Waals surface area contributed by atoms with Gasteiger partial charge in [0.2, 0.25) is 5.91 Å². The average Bonchev–Trinajstić information content (AvgIpc) is 3.17. The number of piperidine rings is 1. The van der Waals surface area contributed by atoms with Gasteiger partial charge in [-0.15, -0.1) is 0 Å². The zero-order chi connectivity index (χ0) is 20.1. The molecule has 1 spiro atoms. The summed E-state index contributed by atoms with van der Waals surface area (Å²) in [5, 5.41) is 7.10. The normalized spacial score (nSPS) is 48.4. The number of amides is 1. The van der Waals surface area contributed by atoms with E-state index < -0.39 is 0 Å². The molecule has 29 heavy (non-hydrogen) atoms. The van der Waals surface area contributed by atoms with Gasteiger partial charge < -0.3 is 10.6 Å². The molecule has 1 heterocycles. The molecule has 156 valence electrons. The molecule has 6 rings (SSSR count). The third-order valence-corrected chi connectivity index (χ3v) is 10.6. The summed E-state index contributed by atoms with van der Waals surface area (Å²) in [6.07, 6.45) is 8.38. The summed E-state index contributed by atoms with van der Waals surface area (Å²) >= 11 is 0. The van der Waals surface area contributed by atoms with Crippen LogP contribution in [0, 0.1) is 27.6 Å². The summed E-state index contributed by atoms with van der Waals surface area (Å²) in [5.41, 5.74) is 2.69. The molecule has 1 aromatic carbocycles. The van der Waals surface area contributed by atoms with Crippen LogP contribution >= 0.6 is 0 Å². The number of rotatable bonds is 4. The lowest BCUT2D eigenvalue weighted by molar-refractivity contribution is -0.282. The second-order valence-electron chi connectivity index (χ2n) is 11.9. The van der Waals surface area contributed by atoms with E-state index in [4.69, 9.17) is 0 Å². The number of carbonyl (C=O) groups excluding carboxylic acids is 1. The second kappa shape index (κ2) is 5.46. The van der Waals surface area contributed by atoms with Crippen LogP contribution in [0.3, 0.4) is 0 Å². The van der Waals surface area contributed by atoms with Gasteiger partial charge >= 0.3 is 0 Å². The molecular formula is C26H36N2O. The van der Waals surface area contributed by atoms with E-state index in [1.54, 1.807) is 0 Å². The lowest BCUT2D eigenvalue weighted by Gasteiger charge is -2.80. The van der Waals surface area contributed by atoms with Crippen molar-refractivity contribution in [1.29, 1.82) is 0 Å². The van der Waals surface area contributed by atoms with Gasteiger partial charge in [0.15, 0.2) is 0 Å². The average molecular weight is 393 g/mol. The van der Waals surface area contributed by atoms with Gasteiger partial charge in [0.05, 0.1) is 5.41 Å². The van der Waals surface area contributed by atoms with Crippen molar-refractivity contribution in [3.8, 4) is 0 Å². The quantitative estimate of drug-likeness (QED) is 0.796. The minimum Gasteiger partial charge on any atom is -0.352 e. The Morgan fingerprint density at radius 3 is 2.66 bits per heavy atom. The number of fused-ring (bicyclic) bond motifs is 1. The molecule has 1 amide bonds. The maximum Gasteiger partial charge on any atom is 0.226 e. The van der Waals surface area contributed by atoms with Crippen LogP contribution in [0.4, 0.5) is 0 Å². The lowest BCUT2D eigenvalue weighted by atomic mass is 9.23. The van der Waals surface area contributed by atoms with Gasteiger partial charge in [-0.05, 0) is 79.2 Å². The van der Waals surface area contributed by atoms with Gasteiger partial charge in [0.1, 0.15) is 0 Å². The van der Waals surface area contributed by atoms with E-state index in [-0.39, 0.29) is 16.2 Å². The third kappa shape index (κ3) is 1.93. The largest absolute Gasteiger partial charge is 0.352 e. The van der Waals surface area contributed by atoms with Crippen LogP contribution in [0.1, 0.15) is 71.3 Å². The molecule has 1 saturated heterocycles. The number of carbonyl (C=O) groups is 1. The molecule has 0 aromatic heterocycles. The van der Waals surface area contributed by atoms with Crippen LogP contribution < -0.4 is 10.6 Å². The van der Waals surface area contributed by atoms with Crippen molar-refractivity contribution in [3.05, 3.63) is 35.9 Å². The van der Waals surface area contributed by atoms with Crippen molar-refractivity contribution in [3.63, 3.8) is 0 Å². The Bertz CT molecular complexity index is 865. The van der Waals surface area contributed by atoms with Crippen LogP contribution in [0.5, 0.6) is 0 Å². The summed E-state index contributed by atoms with van der Waals surface area (Å²) in [6.45, 7) is 9.00. The Kier molecular flexibility index (Phi) is 3.47. The molecular weight excluding hydrogens is 356 g/mol. The molecule has 4 saturated carbocycles. The number of hydrogen-bond donors (Lipinski definition) is 2. The fourth-order valence-electron chi connectivity index (χ4n) is 9.45. The van der Waals surface area contributed by atoms with E-state index in [2.05, 4.69) is 61.7 Å². The predicted octanol–water partition coefficient (Wildman–Crippen LogP) is 4.42. The Morgan fingerprint density at radius 2 is 1.93 bits per heavy atom. The standard InChI is InChI=1S/C26H36N2O/c1-4-24-13-19-12-23(21(29)28-20-10-11-27-17-22(20,2)3)14-25(16-24,26(19,24)15-23)18-8-6-5-7-9-18/h5-9,19-20,27H,4,10-17H2,1-3H3,(H,28,29). The molecule has 0 radical (unpaired) electrons. The molecule has 3 heteroatoms. The second-order valence-corrected chi connectivity index (χ2v) is 11.9. The van der Waals surface area contributed by atoms with Gasteiger partial charge in [0.25, 0.3) is 0 Å². The van der Waals surface area contributed by atoms with Crippen LogP contribution in [0.2, 0.25) is 0 Å². The maximum absolute atomic E-state index is 13.9. The Balaban J connectivity index is 1.35. The van der Waals surface area contributed by atoms with E-state index in [1.165, 1.54) is 24.8 Å². The van der Waals surface area contributed by atoms with Crippen molar-refractivity contribution in [2.24, 2.45) is 27.6 Å². The van der Waals surface area contributed by atoms with Crippen molar-refractivity contribution in [1.82, 2.24) is 10.6 Å². The molecule has 4 aliphatic carbocycles. The highest BCUT2D eigenvalue weighted by molar-refractivity contribution is 5.85. The first-order chi connectivity index (χ1) is 13.8. The van der Waals surface area contributed by atoms with Gasteiger partial charge in [-0.25, -0.2) is 0 Å². The minimum absolute atomic E-state index is 0.127. The fourth-order valence-corrected chi connectivity index (χ4v) is 9.45. The Morgan fingerprint density at radius 1 is 1.14 bits per heavy atom. The van der Waals surface area contributed by atoms with Gasteiger partial charge in [-0.1, -0.05) is 51.1 Å². The summed E-state index contributed by atoms with van der Waals surface area (Å²) in [4.78, 5) is 13.9. The molecule has 1 aromatic rings. The number of benzene rings is 1. The highest BCUT2D eigenvalue weighted by Crippen LogP contribution is 2.94. The molecule has 6 atom stereocenters. The molecule has 6 unspecified atom stereocenters. The highest BCUT2D eigenvalue weighted by atomic mass is 16.2. The van der Waals surface area contributed by atoms with Gasteiger partial charge in [-0.3, -0.25) is 4.79 Å². The van der Waals surface area contributed by atoms with Crippen molar-refractivity contribution in [2.75, 3.05) is 13.1 Å². The zero-order valence-corrected chi connectivity index (χ0v) is 18.3. The summed E-state index contributed by atoms with van der Waals surface area (Å²) in [7, 11) is 0. The topological polar surface area (TPSA) is 41.1 Å². The van der Waals surface area contributed by atoms with E-state index in [0.29, 0.717) is 22.8 Å². The molecule has 1 aliphatic heterocycles. The highest BCUT2D eigenvalue weighted by Gasteiger charge is 2.90. The fraction of sp³-hybridized carbons (Fsp3) is 0.731. The first kappa shape index (κ1) is 18.4. The first-order valence-corrected chi connectivity index (χ1v) is 11.9. The molecule has 2 N–H and O–H groups in total. The summed E-state index contributed by atoms with van der Waals surface area (Å²) in [5.74, 6) is 1.15. The SMILES string of the molecule is CCC12CC3CC4(C(=O)NC5CCNCC5(C)C)CC(c5ccccc5)(C1)C32C4. The Hall–Kier alpha value is -1.35. The van der Waals surface area contributed by atoms with Gasteiger partial charge in [-0.2, -0.15) is 0 Å². The minimum atomic E-state index is -0.130. The van der Waals surface area contributed by atoms with E-state index in [9.17, 15) is 4.79 Å². The number of hydrogen-bond acceptors (Lipinski definition) is 2. The van der Waals surface area contributed by atoms with Crippen molar-refractivity contribution in [2.45, 2.75) is 77.2 Å². The van der Waals surface area contributed by atoms with E-state index in [1.807, 2.05) is 0 Å². The van der Waals surface area contributed by atoms with Crippen molar-refractivity contribution >= 4 is 5.91 Å². The number of nitrogens with one attached hydrogen (secondary N) is 2. The van der Waals surface area contributed by atoms with Crippen LogP contribution in [-0.2, 0) is 10.2 Å². The molecule has 3 nitrogen and oxygen atoms in total. The van der Waals surface area contributed by atoms with Crippen LogP contribution in [0.25, 0.3) is 0 Å². The third-order valence-electron chi connectivity index (χ3n) is 10.6. The predicted molar refractivity (Wildman–Crippen MR) is 115 cm³/mol. The Labute approximate surface area is 175 Å². The smallest absolute Gasteiger partial charge is 0.226 e. The lowest BCUT2D eigenvalue weighted by Crippen LogP contribution is -2.75. The zero-order valence-electron chi connectivity index (χ0n) is 18.3. The van der Waals surface area contributed by atoms with Crippen molar-refractivity contribution < 1.29 is 4.79 Å². The molecule has 5 aliphatic rings. The van der Waals surface area contributed by atoms with Gasteiger partial charge in [0, 0.05) is 18.0 Å². The molecule has 2 bridgehead atoms. The van der Waals surface area contributed by atoms with E-state index in [0.717, 1.165) is 44.7 Å². The first-order valence-electron chi connectivity index (χ1n) is 11.9. The summed E-state index contributed by atoms with van der Waals surface area (Å²) < 4.78 is 0. The maximum atomic E-state index is 13.9. The summed E-state index contributed by atoms with van der Waals surface area (Å²) in [6, 6.07) is 11.5. The van der Waals surface area contributed by atoms with Crippen LogP contribution in [0.15, 0.2) is 30.3 Å². The monoisotopic (exact) mass is 392 g/mol.